The highest BCUT2D eigenvalue weighted by atomic mass is 16.5. The molecule has 6 heteroatoms. The minimum Gasteiger partial charge on any atom is -0.481 e. The zero-order chi connectivity index (χ0) is 18.4. The highest BCUT2D eigenvalue weighted by Crippen LogP contribution is 2.13. The molecule has 3 rings (SSSR count). The first-order chi connectivity index (χ1) is 12.6. The molecule has 2 amide bonds. The van der Waals surface area contributed by atoms with Gasteiger partial charge in [-0.25, -0.2) is 0 Å². The molecule has 2 heterocycles. The van der Waals surface area contributed by atoms with Gasteiger partial charge in [0, 0.05) is 38.1 Å². The van der Waals surface area contributed by atoms with Gasteiger partial charge in [-0.15, -0.1) is 0 Å². The van der Waals surface area contributed by atoms with Gasteiger partial charge in [0.05, 0.1) is 6.42 Å². The van der Waals surface area contributed by atoms with Crippen molar-refractivity contribution < 1.29 is 14.3 Å². The number of carbonyl (C=O) groups excluding carboxylic acids is 2. The molecule has 6 nitrogen and oxygen atoms in total. The maximum absolute atomic E-state index is 12.6. The summed E-state index contributed by atoms with van der Waals surface area (Å²) in [5.41, 5.74) is 0.765. The molecule has 1 atom stereocenters. The van der Waals surface area contributed by atoms with E-state index in [2.05, 4.69) is 4.98 Å². The second kappa shape index (κ2) is 8.47. The molecule has 1 unspecified atom stereocenters. The lowest BCUT2D eigenvalue weighted by atomic mass is 10.2. The van der Waals surface area contributed by atoms with Crippen LogP contribution in [0.1, 0.15) is 12.6 Å². The maximum Gasteiger partial charge on any atom is 0.263 e. The van der Waals surface area contributed by atoms with Crippen LogP contribution in [0.15, 0.2) is 54.7 Å². The average Bonchev–Trinajstić information content (AvgIpc) is 2.69. The van der Waals surface area contributed by atoms with E-state index in [9.17, 15) is 9.59 Å². The lowest BCUT2D eigenvalue weighted by molar-refractivity contribution is -0.143. The Morgan fingerprint density at radius 2 is 1.65 bits per heavy atom. The number of rotatable bonds is 5. The van der Waals surface area contributed by atoms with Gasteiger partial charge in [0.15, 0.2) is 6.10 Å². The van der Waals surface area contributed by atoms with Gasteiger partial charge in [0.25, 0.3) is 5.91 Å². The smallest absolute Gasteiger partial charge is 0.263 e. The van der Waals surface area contributed by atoms with Crippen LogP contribution in [0.2, 0.25) is 0 Å². The predicted molar refractivity (Wildman–Crippen MR) is 97.6 cm³/mol. The van der Waals surface area contributed by atoms with Crippen LogP contribution >= 0.6 is 0 Å². The number of nitrogens with zero attached hydrogens (tertiary/aromatic N) is 3. The summed E-state index contributed by atoms with van der Waals surface area (Å²) in [6, 6.07) is 14.9. The van der Waals surface area contributed by atoms with Gasteiger partial charge in [-0.1, -0.05) is 24.3 Å². The van der Waals surface area contributed by atoms with E-state index >= 15 is 0 Å². The third kappa shape index (κ3) is 4.59. The Morgan fingerprint density at radius 3 is 2.31 bits per heavy atom. The number of amides is 2. The quantitative estimate of drug-likeness (QED) is 0.822. The summed E-state index contributed by atoms with van der Waals surface area (Å²) in [6.07, 6.45) is 1.43. The van der Waals surface area contributed by atoms with Crippen molar-refractivity contribution in [1.29, 1.82) is 0 Å². The van der Waals surface area contributed by atoms with Crippen LogP contribution in [0.3, 0.4) is 0 Å². The summed E-state index contributed by atoms with van der Waals surface area (Å²) in [6.45, 7) is 3.88. The predicted octanol–water partition coefficient (Wildman–Crippen LogP) is 1.76. The molecule has 1 aliphatic rings. The Bertz CT molecular complexity index is 728. The van der Waals surface area contributed by atoms with Crippen molar-refractivity contribution in [2.45, 2.75) is 19.4 Å². The summed E-state index contributed by atoms with van der Waals surface area (Å²) in [7, 11) is 0. The van der Waals surface area contributed by atoms with Crippen LogP contribution < -0.4 is 4.74 Å². The summed E-state index contributed by atoms with van der Waals surface area (Å²) in [5, 5.41) is 0. The van der Waals surface area contributed by atoms with Crippen LogP contribution in [0.25, 0.3) is 0 Å². The van der Waals surface area contributed by atoms with Crippen molar-refractivity contribution in [3.05, 3.63) is 60.4 Å². The molecule has 1 aromatic carbocycles. The van der Waals surface area contributed by atoms with Crippen molar-refractivity contribution in [3.63, 3.8) is 0 Å². The Balaban J connectivity index is 1.48. The number of ether oxygens (including phenoxy) is 1. The fourth-order valence-electron chi connectivity index (χ4n) is 2.96. The van der Waals surface area contributed by atoms with Gasteiger partial charge in [-0.3, -0.25) is 14.6 Å². The highest BCUT2D eigenvalue weighted by molar-refractivity contribution is 5.82. The molecule has 0 radical (unpaired) electrons. The molecule has 136 valence electrons. The molecular formula is C20H23N3O3. The minimum atomic E-state index is -0.548. The third-order valence-corrected chi connectivity index (χ3v) is 4.41. The standard InChI is InChI=1S/C20H23N3O3/c1-16(26-18-8-3-2-4-9-18)20(25)23-13-11-22(12-14-23)19(24)15-17-7-5-6-10-21-17/h2-10,16H,11-15H2,1H3. The number of hydrogen-bond donors (Lipinski definition) is 0. The van der Waals surface area contributed by atoms with Crippen LogP contribution in [0.5, 0.6) is 5.75 Å². The van der Waals surface area contributed by atoms with Gasteiger partial charge in [0.1, 0.15) is 5.75 Å². The summed E-state index contributed by atoms with van der Waals surface area (Å²) in [4.78, 5) is 32.7. The molecule has 26 heavy (non-hydrogen) atoms. The lowest BCUT2D eigenvalue weighted by Crippen LogP contribution is -2.53. The van der Waals surface area contributed by atoms with E-state index < -0.39 is 6.10 Å². The summed E-state index contributed by atoms with van der Waals surface area (Å²) >= 11 is 0. The van der Waals surface area contributed by atoms with E-state index in [0.717, 1.165) is 5.69 Å². The number of pyridine rings is 1. The maximum atomic E-state index is 12.6. The SMILES string of the molecule is CC(Oc1ccccc1)C(=O)N1CCN(C(=O)Cc2ccccn2)CC1. The molecule has 1 fully saturated rings. The van der Waals surface area contributed by atoms with Crippen LogP contribution in [0, 0.1) is 0 Å². The van der Waals surface area contributed by atoms with Crippen LogP contribution in [-0.4, -0.2) is 58.9 Å². The molecule has 1 aromatic heterocycles. The molecule has 0 bridgehead atoms. The van der Waals surface area contributed by atoms with E-state index in [0.29, 0.717) is 38.3 Å². The zero-order valence-electron chi connectivity index (χ0n) is 14.9. The van der Waals surface area contributed by atoms with Crippen LogP contribution in [-0.2, 0) is 16.0 Å². The lowest BCUT2D eigenvalue weighted by Gasteiger charge is -2.35. The Kier molecular flexibility index (Phi) is 5.84. The first-order valence-corrected chi connectivity index (χ1v) is 8.81. The molecule has 0 spiro atoms. The normalized spacial score (nSPS) is 15.4. The van der Waals surface area contributed by atoms with Crippen molar-refractivity contribution in [2.75, 3.05) is 26.2 Å². The Labute approximate surface area is 153 Å². The van der Waals surface area contributed by atoms with E-state index in [1.54, 1.807) is 22.9 Å². The molecule has 1 aliphatic heterocycles. The Morgan fingerprint density at radius 1 is 1.00 bits per heavy atom. The first kappa shape index (κ1) is 17.9. The second-order valence-corrected chi connectivity index (χ2v) is 6.28. The number of aromatic nitrogens is 1. The molecule has 0 saturated carbocycles. The first-order valence-electron chi connectivity index (χ1n) is 8.81. The van der Waals surface area contributed by atoms with E-state index in [-0.39, 0.29) is 11.8 Å². The average molecular weight is 353 g/mol. The summed E-state index contributed by atoms with van der Waals surface area (Å²) in [5.74, 6) is 0.674. The highest BCUT2D eigenvalue weighted by Gasteiger charge is 2.27. The van der Waals surface area contributed by atoms with Crippen molar-refractivity contribution >= 4 is 11.8 Å². The minimum absolute atomic E-state index is 0.0457. The topological polar surface area (TPSA) is 62.7 Å². The second-order valence-electron chi connectivity index (χ2n) is 6.28. The van der Waals surface area contributed by atoms with Crippen molar-refractivity contribution in [1.82, 2.24) is 14.8 Å². The molecule has 1 saturated heterocycles. The van der Waals surface area contributed by atoms with E-state index in [1.807, 2.05) is 48.5 Å². The number of carbonyl (C=O) groups is 2. The van der Waals surface area contributed by atoms with E-state index in [4.69, 9.17) is 4.74 Å². The van der Waals surface area contributed by atoms with Gasteiger partial charge in [0.2, 0.25) is 5.91 Å². The van der Waals surface area contributed by atoms with E-state index in [1.165, 1.54) is 0 Å². The summed E-state index contributed by atoms with van der Waals surface area (Å²) < 4.78 is 5.70. The number of hydrogen-bond acceptors (Lipinski definition) is 4. The zero-order valence-corrected chi connectivity index (χ0v) is 14.9. The van der Waals surface area contributed by atoms with Gasteiger partial charge >= 0.3 is 0 Å². The monoisotopic (exact) mass is 353 g/mol. The van der Waals surface area contributed by atoms with Crippen molar-refractivity contribution in [2.24, 2.45) is 0 Å². The number of benzene rings is 1. The molecule has 0 N–H and O–H groups in total. The molecule has 0 aliphatic carbocycles. The largest absolute Gasteiger partial charge is 0.481 e. The van der Waals surface area contributed by atoms with Crippen LogP contribution in [0.4, 0.5) is 0 Å². The van der Waals surface area contributed by atoms with Gasteiger partial charge in [-0.2, -0.15) is 0 Å². The molecule has 2 aromatic rings. The van der Waals surface area contributed by atoms with Crippen molar-refractivity contribution in [3.8, 4) is 5.75 Å². The fraction of sp³-hybridized carbons (Fsp3) is 0.350. The van der Waals surface area contributed by atoms with Gasteiger partial charge in [-0.05, 0) is 31.2 Å². The fourth-order valence-corrected chi connectivity index (χ4v) is 2.96. The third-order valence-electron chi connectivity index (χ3n) is 4.41. The molecular weight excluding hydrogens is 330 g/mol. The Hall–Kier alpha value is -2.89. The van der Waals surface area contributed by atoms with Gasteiger partial charge < -0.3 is 14.5 Å². The number of para-hydroxylation sites is 1. The number of piperazine rings is 1.